The Morgan fingerprint density at radius 2 is 2.05 bits per heavy atom. The molecule has 6 nitrogen and oxygen atoms in total. The van der Waals surface area contributed by atoms with E-state index in [4.69, 9.17) is 15.6 Å². The molecular weight excluding hydrogens is 270 g/mol. The first-order chi connectivity index (χ1) is 10.1. The lowest BCUT2D eigenvalue weighted by atomic mass is 10.1. The molecule has 2 fully saturated rings. The number of carboxylic acids is 1. The van der Waals surface area contributed by atoms with Crippen molar-refractivity contribution >= 4 is 17.3 Å². The van der Waals surface area contributed by atoms with E-state index < -0.39 is 5.97 Å². The van der Waals surface area contributed by atoms with Crippen molar-refractivity contribution in [2.45, 2.75) is 12.5 Å². The van der Waals surface area contributed by atoms with E-state index in [1.165, 1.54) is 0 Å². The molecule has 2 aliphatic rings. The van der Waals surface area contributed by atoms with Gasteiger partial charge >= 0.3 is 5.97 Å². The van der Waals surface area contributed by atoms with E-state index in [1.807, 2.05) is 6.07 Å². The number of aromatic carboxylic acids is 1. The summed E-state index contributed by atoms with van der Waals surface area (Å²) in [6, 6.07) is 5.80. The van der Waals surface area contributed by atoms with Crippen LogP contribution >= 0.6 is 0 Å². The predicted octanol–water partition coefficient (Wildman–Crippen LogP) is 0.878. The lowest BCUT2D eigenvalue weighted by Gasteiger charge is -2.32. The van der Waals surface area contributed by atoms with Crippen LogP contribution in [0.2, 0.25) is 0 Å². The summed E-state index contributed by atoms with van der Waals surface area (Å²) in [6.07, 6.45) is 1.10. The number of nitrogens with two attached hydrogens (primary N) is 1. The number of nitrogen functional groups attached to an aromatic ring is 1. The highest BCUT2D eigenvalue weighted by molar-refractivity contribution is 5.94. The Morgan fingerprint density at radius 1 is 1.29 bits per heavy atom. The Bertz CT molecular complexity index is 529. The third kappa shape index (κ3) is 2.96. The molecule has 2 aliphatic heterocycles. The van der Waals surface area contributed by atoms with E-state index in [0.717, 1.165) is 51.5 Å². The highest BCUT2D eigenvalue weighted by Gasteiger charge is 2.29. The Morgan fingerprint density at radius 3 is 2.76 bits per heavy atom. The van der Waals surface area contributed by atoms with E-state index in [1.54, 1.807) is 12.1 Å². The molecule has 0 radical (unpaired) electrons. The Balaban J connectivity index is 1.71. The zero-order chi connectivity index (χ0) is 14.8. The molecule has 6 heteroatoms. The van der Waals surface area contributed by atoms with E-state index in [-0.39, 0.29) is 5.56 Å². The SMILES string of the molecule is Nc1ccc(N2CCC(N3CCOCC3)C2)cc1C(=O)O. The maximum Gasteiger partial charge on any atom is 0.337 e. The molecule has 2 heterocycles. The second-order valence-corrected chi connectivity index (χ2v) is 5.61. The molecule has 0 amide bonds. The van der Waals surface area contributed by atoms with Crippen LogP contribution in [-0.2, 0) is 4.74 Å². The standard InChI is InChI=1S/C15H21N3O3/c16-14-2-1-11(9-13(14)15(19)20)18-4-3-12(10-18)17-5-7-21-8-6-17/h1-2,9,12H,3-8,10,16H2,(H,19,20). The normalized spacial score (nSPS) is 23.4. The van der Waals surface area contributed by atoms with Gasteiger partial charge in [0.1, 0.15) is 0 Å². The highest BCUT2D eigenvalue weighted by Crippen LogP contribution is 2.26. The second kappa shape index (κ2) is 5.91. The molecule has 0 saturated carbocycles. The van der Waals surface area contributed by atoms with Gasteiger partial charge in [-0.2, -0.15) is 0 Å². The van der Waals surface area contributed by atoms with Crippen LogP contribution in [0.4, 0.5) is 11.4 Å². The van der Waals surface area contributed by atoms with Crippen molar-refractivity contribution in [3.8, 4) is 0 Å². The Labute approximate surface area is 124 Å². The maximum absolute atomic E-state index is 11.2. The molecule has 0 spiro atoms. The zero-order valence-electron chi connectivity index (χ0n) is 12.0. The van der Waals surface area contributed by atoms with Crippen molar-refractivity contribution in [1.29, 1.82) is 0 Å². The summed E-state index contributed by atoms with van der Waals surface area (Å²) in [5, 5.41) is 9.17. The molecule has 1 aromatic carbocycles. The monoisotopic (exact) mass is 291 g/mol. The van der Waals surface area contributed by atoms with Crippen LogP contribution in [0.15, 0.2) is 18.2 Å². The van der Waals surface area contributed by atoms with Gasteiger partial charge in [0.15, 0.2) is 0 Å². The molecule has 0 aliphatic carbocycles. The van der Waals surface area contributed by atoms with Gasteiger partial charge in [0.25, 0.3) is 0 Å². The van der Waals surface area contributed by atoms with E-state index in [0.29, 0.717) is 11.7 Å². The summed E-state index contributed by atoms with van der Waals surface area (Å²) in [5.74, 6) is -0.974. The number of nitrogens with zero attached hydrogens (tertiary/aromatic N) is 2. The van der Waals surface area contributed by atoms with Gasteiger partial charge in [-0.1, -0.05) is 0 Å². The van der Waals surface area contributed by atoms with E-state index in [9.17, 15) is 4.79 Å². The van der Waals surface area contributed by atoms with E-state index in [2.05, 4.69) is 9.80 Å². The molecule has 1 unspecified atom stereocenters. The largest absolute Gasteiger partial charge is 0.478 e. The number of rotatable bonds is 3. The first-order valence-corrected chi connectivity index (χ1v) is 7.35. The third-order valence-electron chi connectivity index (χ3n) is 4.36. The number of morpholine rings is 1. The fraction of sp³-hybridized carbons (Fsp3) is 0.533. The smallest absolute Gasteiger partial charge is 0.337 e. The Hall–Kier alpha value is -1.79. The van der Waals surface area contributed by atoms with Crippen molar-refractivity contribution in [2.75, 3.05) is 50.0 Å². The van der Waals surface area contributed by atoms with Gasteiger partial charge in [0.2, 0.25) is 0 Å². The summed E-state index contributed by atoms with van der Waals surface area (Å²) in [6.45, 7) is 5.47. The zero-order valence-corrected chi connectivity index (χ0v) is 12.0. The number of carboxylic acid groups (broad SMARTS) is 1. The number of benzene rings is 1. The summed E-state index contributed by atoms with van der Waals surface area (Å²) in [4.78, 5) is 15.9. The van der Waals surface area contributed by atoms with Crippen LogP contribution < -0.4 is 10.6 Å². The molecule has 114 valence electrons. The lowest BCUT2D eigenvalue weighted by molar-refractivity contribution is 0.0209. The van der Waals surface area contributed by atoms with Crippen LogP contribution in [0.5, 0.6) is 0 Å². The number of carbonyl (C=O) groups is 1. The molecule has 2 saturated heterocycles. The van der Waals surface area contributed by atoms with Gasteiger partial charge in [-0.05, 0) is 24.6 Å². The van der Waals surface area contributed by atoms with Gasteiger partial charge < -0.3 is 20.5 Å². The highest BCUT2D eigenvalue weighted by atomic mass is 16.5. The van der Waals surface area contributed by atoms with Crippen molar-refractivity contribution in [1.82, 2.24) is 4.90 Å². The molecule has 21 heavy (non-hydrogen) atoms. The van der Waals surface area contributed by atoms with Crippen LogP contribution in [0, 0.1) is 0 Å². The number of ether oxygens (including phenoxy) is 1. The third-order valence-corrected chi connectivity index (χ3v) is 4.36. The second-order valence-electron chi connectivity index (χ2n) is 5.61. The molecule has 3 N–H and O–H groups in total. The average molecular weight is 291 g/mol. The minimum absolute atomic E-state index is 0.183. The Kier molecular flexibility index (Phi) is 3.98. The summed E-state index contributed by atoms with van der Waals surface area (Å²) < 4.78 is 5.39. The summed E-state index contributed by atoms with van der Waals surface area (Å²) in [5.41, 5.74) is 7.15. The fourth-order valence-electron chi connectivity index (χ4n) is 3.14. The van der Waals surface area contributed by atoms with E-state index >= 15 is 0 Å². The number of hydrogen-bond donors (Lipinski definition) is 2. The van der Waals surface area contributed by atoms with Crippen molar-refractivity contribution in [3.05, 3.63) is 23.8 Å². The van der Waals surface area contributed by atoms with Gasteiger partial charge in [-0.3, -0.25) is 4.90 Å². The topological polar surface area (TPSA) is 79.0 Å². The van der Waals surface area contributed by atoms with Crippen LogP contribution in [0.3, 0.4) is 0 Å². The van der Waals surface area contributed by atoms with Gasteiger partial charge in [-0.25, -0.2) is 4.79 Å². The van der Waals surface area contributed by atoms with Gasteiger partial charge in [-0.15, -0.1) is 0 Å². The molecule has 0 bridgehead atoms. The van der Waals surface area contributed by atoms with Crippen molar-refractivity contribution in [2.24, 2.45) is 0 Å². The minimum Gasteiger partial charge on any atom is -0.478 e. The molecule has 1 atom stereocenters. The average Bonchev–Trinajstić information content (AvgIpc) is 2.98. The number of hydrogen-bond acceptors (Lipinski definition) is 5. The van der Waals surface area contributed by atoms with Crippen LogP contribution in [-0.4, -0.2) is 61.4 Å². The molecule has 0 aromatic heterocycles. The van der Waals surface area contributed by atoms with Crippen LogP contribution in [0.1, 0.15) is 16.8 Å². The summed E-state index contributed by atoms with van der Waals surface area (Å²) in [7, 11) is 0. The van der Waals surface area contributed by atoms with Crippen molar-refractivity contribution in [3.63, 3.8) is 0 Å². The molecule has 1 aromatic rings. The lowest BCUT2D eigenvalue weighted by Crippen LogP contribution is -2.44. The molecular formula is C15H21N3O3. The first-order valence-electron chi connectivity index (χ1n) is 7.35. The quantitative estimate of drug-likeness (QED) is 0.805. The minimum atomic E-state index is -0.974. The predicted molar refractivity (Wildman–Crippen MR) is 80.8 cm³/mol. The van der Waals surface area contributed by atoms with Gasteiger partial charge in [0, 0.05) is 43.6 Å². The fourth-order valence-corrected chi connectivity index (χ4v) is 3.14. The number of anilines is 2. The first kappa shape index (κ1) is 14.2. The summed E-state index contributed by atoms with van der Waals surface area (Å²) >= 11 is 0. The maximum atomic E-state index is 11.2. The van der Waals surface area contributed by atoms with Crippen molar-refractivity contribution < 1.29 is 14.6 Å². The van der Waals surface area contributed by atoms with Gasteiger partial charge in [0.05, 0.1) is 18.8 Å². The molecule has 3 rings (SSSR count). The van der Waals surface area contributed by atoms with Crippen LogP contribution in [0.25, 0.3) is 0 Å².